The molecular formula is C17H19F4N. The van der Waals surface area contributed by atoms with E-state index >= 15 is 0 Å². The number of rotatable bonds is 1. The topological polar surface area (TPSA) is 26.0 Å². The zero-order valence-corrected chi connectivity index (χ0v) is 12.6. The summed E-state index contributed by atoms with van der Waals surface area (Å²) < 4.78 is 54.0. The Hall–Kier alpha value is -1.70. The van der Waals surface area contributed by atoms with Crippen molar-refractivity contribution in [3.8, 4) is 11.8 Å². The monoisotopic (exact) mass is 313 g/mol. The highest BCUT2D eigenvalue weighted by molar-refractivity contribution is 5.50. The van der Waals surface area contributed by atoms with Crippen LogP contribution in [-0.2, 0) is 0 Å². The van der Waals surface area contributed by atoms with Gasteiger partial charge in [-0.05, 0) is 37.5 Å². The van der Waals surface area contributed by atoms with Crippen LogP contribution in [0.3, 0.4) is 0 Å². The Bertz CT molecular complexity index is 591. The molecule has 0 aliphatic heterocycles. The minimum atomic E-state index is -1.59. The predicted molar refractivity (Wildman–Crippen MR) is 77.9 cm³/mol. The van der Waals surface area contributed by atoms with Crippen LogP contribution in [-0.4, -0.2) is 0 Å². The summed E-state index contributed by atoms with van der Waals surface area (Å²) >= 11 is 0. The maximum atomic E-state index is 13.7. The number of nitrogens with two attached hydrogens (primary N) is 1. The lowest BCUT2D eigenvalue weighted by atomic mass is 9.77. The van der Waals surface area contributed by atoms with Gasteiger partial charge >= 0.3 is 0 Å². The molecular weight excluding hydrogens is 294 g/mol. The molecule has 0 aromatic heterocycles. The minimum absolute atomic E-state index is 0.00234. The summed E-state index contributed by atoms with van der Waals surface area (Å²) in [6, 6.07) is 0. The van der Waals surface area contributed by atoms with Crippen molar-refractivity contribution in [1.82, 2.24) is 0 Å². The number of hydrogen-bond donors (Lipinski definition) is 1. The van der Waals surface area contributed by atoms with Gasteiger partial charge in [0.2, 0.25) is 0 Å². The third-order valence-electron chi connectivity index (χ3n) is 4.41. The van der Waals surface area contributed by atoms with Gasteiger partial charge in [0.15, 0.2) is 23.3 Å². The molecule has 1 aromatic rings. The molecule has 0 saturated heterocycles. The highest BCUT2D eigenvalue weighted by Crippen LogP contribution is 2.33. The standard InChI is InChI=1S/C17H19F4N/c1-9(2)11-6-3-10(4-7-11)5-8-12-13(18)15(20)17(22)16(21)14(12)19/h9-11H,3-4,6-7,22H2,1-2H3. The first-order valence-corrected chi connectivity index (χ1v) is 7.45. The maximum Gasteiger partial charge on any atom is 0.186 e. The van der Waals surface area contributed by atoms with E-state index < -0.39 is 34.5 Å². The molecule has 1 aromatic carbocycles. The third-order valence-corrected chi connectivity index (χ3v) is 4.41. The molecule has 0 amide bonds. The Morgan fingerprint density at radius 1 is 0.909 bits per heavy atom. The molecule has 5 heteroatoms. The predicted octanol–water partition coefficient (Wildman–Crippen LogP) is 4.64. The van der Waals surface area contributed by atoms with Crippen molar-refractivity contribution in [2.75, 3.05) is 5.73 Å². The first-order chi connectivity index (χ1) is 10.3. The van der Waals surface area contributed by atoms with E-state index in [0.29, 0.717) is 11.8 Å². The van der Waals surface area contributed by atoms with Crippen molar-refractivity contribution in [2.24, 2.45) is 17.8 Å². The SMILES string of the molecule is CC(C)C1CCC(C#Cc2c(F)c(F)c(N)c(F)c2F)CC1. The lowest BCUT2D eigenvalue weighted by Crippen LogP contribution is -2.17. The quantitative estimate of drug-likeness (QED) is 0.347. The summed E-state index contributed by atoms with van der Waals surface area (Å²) in [5.74, 6) is 0.0148. The highest BCUT2D eigenvalue weighted by atomic mass is 19.2. The van der Waals surface area contributed by atoms with Crippen LogP contribution in [0, 0.1) is 52.9 Å². The van der Waals surface area contributed by atoms with Crippen molar-refractivity contribution in [1.29, 1.82) is 0 Å². The summed E-state index contributed by atoms with van der Waals surface area (Å²) in [7, 11) is 0. The molecule has 2 N–H and O–H groups in total. The number of benzene rings is 1. The number of hydrogen-bond acceptors (Lipinski definition) is 1. The average Bonchev–Trinajstić information content (AvgIpc) is 2.51. The van der Waals surface area contributed by atoms with Gasteiger partial charge in [0.1, 0.15) is 11.3 Å². The summed E-state index contributed by atoms with van der Waals surface area (Å²) in [5.41, 5.74) is 2.92. The molecule has 1 saturated carbocycles. The van der Waals surface area contributed by atoms with E-state index in [1.165, 1.54) is 0 Å². The lowest BCUT2D eigenvalue weighted by molar-refractivity contribution is 0.252. The summed E-state index contributed by atoms with van der Waals surface area (Å²) in [4.78, 5) is 0. The lowest BCUT2D eigenvalue weighted by Gasteiger charge is -2.28. The normalized spacial score (nSPS) is 21.6. The molecule has 1 nitrogen and oxygen atoms in total. The molecule has 1 aliphatic carbocycles. The zero-order valence-electron chi connectivity index (χ0n) is 12.6. The first-order valence-electron chi connectivity index (χ1n) is 7.45. The number of nitrogen functional groups attached to an aromatic ring is 1. The molecule has 0 bridgehead atoms. The van der Waals surface area contributed by atoms with Crippen molar-refractivity contribution >= 4 is 5.69 Å². The third kappa shape index (κ3) is 3.21. The Balaban J connectivity index is 2.20. The van der Waals surface area contributed by atoms with Crippen LogP contribution in [0.15, 0.2) is 0 Å². The van der Waals surface area contributed by atoms with Crippen LogP contribution in [0.2, 0.25) is 0 Å². The van der Waals surface area contributed by atoms with Gasteiger partial charge in [-0.15, -0.1) is 0 Å². The van der Waals surface area contributed by atoms with Gasteiger partial charge in [-0.25, -0.2) is 17.6 Å². The largest absolute Gasteiger partial charge is 0.394 e. The van der Waals surface area contributed by atoms with E-state index in [2.05, 4.69) is 25.7 Å². The van der Waals surface area contributed by atoms with Crippen LogP contribution < -0.4 is 5.73 Å². The summed E-state index contributed by atoms with van der Waals surface area (Å²) in [6.45, 7) is 4.34. The van der Waals surface area contributed by atoms with E-state index in [-0.39, 0.29) is 5.92 Å². The van der Waals surface area contributed by atoms with Gasteiger partial charge in [-0.3, -0.25) is 0 Å². The molecule has 1 aliphatic rings. The second-order valence-electron chi connectivity index (χ2n) is 6.17. The summed E-state index contributed by atoms with van der Waals surface area (Å²) in [5, 5.41) is 0. The van der Waals surface area contributed by atoms with E-state index in [1.807, 2.05) is 0 Å². The van der Waals surface area contributed by atoms with Crippen molar-refractivity contribution in [2.45, 2.75) is 39.5 Å². The van der Waals surface area contributed by atoms with E-state index in [1.54, 1.807) is 0 Å². The van der Waals surface area contributed by atoms with Gasteiger partial charge in [-0.2, -0.15) is 0 Å². The number of halogens is 4. The first kappa shape index (κ1) is 16.7. The fourth-order valence-electron chi connectivity index (χ4n) is 2.86. The average molecular weight is 313 g/mol. The number of anilines is 1. The zero-order chi connectivity index (χ0) is 16.4. The molecule has 1 fully saturated rings. The van der Waals surface area contributed by atoms with Crippen LogP contribution in [0.25, 0.3) is 0 Å². The Labute approximate surface area is 127 Å². The molecule has 22 heavy (non-hydrogen) atoms. The van der Waals surface area contributed by atoms with Crippen LogP contribution in [0.5, 0.6) is 0 Å². The van der Waals surface area contributed by atoms with Crippen LogP contribution in [0.4, 0.5) is 23.2 Å². The van der Waals surface area contributed by atoms with E-state index in [4.69, 9.17) is 5.73 Å². The smallest absolute Gasteiger partial charge is 0.186 e. The molecule has 0 heterocycles. The fourth-order valence-corrected chi connectivity index (χ4v) is 2.86. The fraction of sp³-hybridized carbons (Fsp3) is 0.529. The van der Waals surface area contributed by atoms with Crippen LogP contribution in [0.1, 0.15) is 45.1 Å². The molecule has 2 rings (SSSR count). The van der Waals surface area contributed by atoms with Gasteiger partial charge in [0, 0.05) is 5.92 Å². The Morgan fingerprint density at radius 3 is 1.86 bits per heavy atom. The van der Waals surface area contributed by atoms with E-state index in [0.717, 1.165) is 25.7 Å². The van der Waals surface area contributed by atoms with Crippen LogP contribution >= 0.6 is 0 Å². The van der Waals surface area contributed by atoms with Gasteiger partial charge < -0.3 is 5.73 Å². The van der Waals surface area contributed by atoms with Crippen molar-refractivity contribution in [3.05, 3.63) is 28.8 Å². The molecule has 0 spiro atoms. The summed E-state index contributed by atoms with van der Waals surface area (Å²) in [6.07, 6.45) is 3.68. The second-order valence-corrected chi connectivity index (χ2v) is 6.17. The van der Waals surface area contributed by atoms with Gasteiger partial charge in [-0.1, -0.05) is 25.7 Å². The minimum Gasteiger partial charge on any atom is -0.394 e. The van der Waals surface area contributed by atoms with Crippen molar-refractivity contribution in [3.63, 3.8) is 0 Å². The Kier molecular flexibility index (Phi) is 5.00. The van der Waals surface area contributed by atoms with E-state index in [9.17, 15) is 17.6 Å². The van der Waals surface area contributed by atoms with Gasteiger partial charge in [0.05, 0.1) is 0 Å². The molecule has 120 valence electrons. The van der Waals surface area contributed by atoms with Crippen molar-refractivity contribution < 1.29 is 17.6 Å². The molecule has 0 unspecified atom stereocenters. The molecule has 0 radical (unpaired) electrons. The molecule has 0 atom stereocenters. The maximum absolute atomic E-state index is 13.7. The second kappa shape index (κ2) is 6.60. The Morgan fingerprint density at radius 2 is 1.41 bits per heavy atom. The van der Waals surface area contributed by atoms with Gasteiger partial charge in [0.25, 0.3) is 0 Å². The highest BCUT2D eigenvalue weighted by Gasteiger charge is 2.24.